The third-order valence-electron chi connectivity index (χ3n) is 4.19. The van der Waals surface area contributed by atoms with E-state index in [0.717, 1.165) is 33.1 Å². The van der Waals surface area contributed by atoms with E-state index in [4.69, 9.17) is 0 Å². The van der Waals surface area contributed by atoms with Crippen molar-refractivity contribution in [2.24, 2.45) is 0 Å². The number of aromatic amines is 1. The van der Waals surface area contributed by atoms with E-state index in [9.17, 15) is 4.79 Å². The van der Waals surface area contributed by atoms with Crippen LogP contribution < -0.4 is 5.32 Å². The van der Waals surface area contributed by atoms with Gasteiger partial charge in [0.15, 0.2) is 0 Å². The highest BCUT2D eigenvalue weighted by molar-refractivity contribution is 6.07. The van der Waals surface area contributed by atoms with Gasteiger partial charge in [-0.05, 0) is 61.4 Å². The maximum Gasteiger partial charge on any atom is 0.272 e. The molecule has 0 aliphatic carbocycles. The van der Waals surface area contributed by atoms with Crippen LogP contribution in [0.25, 0.3) is 21.8 Å². The number of nitrogens with zero attached hydrogens (tertiary/aromatic N) is 1. The Bertz CT molecular complexity index is 1080. The molecule has 1 amide bonds. The average molecular weight is 315 g/mol. The summed E-state index contributed by atoms with van der Waals surface area (Å²) >= 11 is 0. The number of rotatable bonds is 2. The lowest BCUT2D eigenvalue weighted by molar-refractivity contribution is 0.102. The Morgan fingerprint density at radius 3 is 2.83 bits per heavy atom. The van der Waals surface area contributed by atoms with E-state index in [1.807, 2.05) is 36.4 Å². The quantitative estimate of drug-likeness (QED) is 0.568. The van der Waals surface area contributed by atoms with Gasteiger partial charge in [0.1, 0.15) is 5.69 Å². The Morgan fingerprint density at radius 1 is 1.08 bits per heavy atom. The zero-order valence-electron chi connectivity index (χ0n) is 13.6. The van der Waals surface area contributed by atoms with Crippen molar-refractivity contribution in [1.82, 2.24) is 9.97 Å². The van der Waals surface area contributed by atoms with Crippen LogP contribution >= 0.6 is 0 Å². The molecule has 0 bridgehead atoms. The lowest BCUT2D eigenvalue weighted by Crippen LogP contribution is -2.12. The van der Waals surface area contributed by atoms with Crippen molar-refractivity contribution in [1.29, 1.82) is 0 Å². The highest BCUT2D eigenvalue weighted by atomic mass is 16.1. The highest BCUT2D eigenvalue weighted by Crippen LogP contribution is 2.23. The normalized spacial score (nSPS) is 11.1. The Balaban J connectivity index is 1.66. The third-order valence-corrected chi connectivity index (χ3v) is 4.19. The number of fused-ring (bicyclic) bond motifs is 2. The molecule has 4 aromatic rings. The first-order valence-corrected chi connectivity index (χ1v) is 7.86. The van der Waals surface area contributed by atoms with Crippen molar-refractivity contribution >= 4 is 33.4 Å². The summed E-state index contributed by atoms with van der Waals surface area (Å²) in [7, 11) is 0. The number of aromatic nitrogens is 2. The predicted molar refractivity (Wildman–Crippen MR) is 97.5 cm³/mol. The van der Waals surface area contributed by atoms with E-state index < -0.39 is 0 Å². The summed E-state index contributed by atoms with van der Waals surface area (Å²) in [6, 6.07) is 15.6. The van der Waals surface area contributed by atoms with Crippen molar-refractivity contribution in [2.75, 3.05) is 5.32 Å². The van der Waals surface area contributed by atoms with Gasteiger partial charge in [-0.1, -0.05) is 12.1 Å². The van der Waals surface area contributed by atoms with E-state index in [2.05, 4.69) is 41.3 Å². The molecule has 0 spiro atoms. The molecule has 2 heterocycles. The largest absolute Gasteiger partial charge is 0.351 e. The van der Waals surface area contributed by atoms with Gasteiger partial charge in [0.25, 0.3) is 5.91 Å². The summed E-state index contributed by atoms with van der Waals surface area (Å²) in [5.74, 6) is -0.147. The molecule has 0 radical (unpaired) electrons. The molecule has 4 rings (SSSR count). The summed E-state index contributed by atoms with van der Waals surface area (Å²) in [6.45, 7) is 4.11. The molecule has 0 unspecified atom stereocenters. The molecule has 2 N–H and O–H groups in total. The molecule has 4 heteroatoms. The molecule has 0 fully saturated rings. The first-order chi connectivity index (χ1) is 11.6. The minimum atomic E-state index is -0.147. The monoisotopic (exact) mass is 315 g/mol. The summed E-state index contributed by atoms with van der Waals surface area (Å²) in [5.41, 5.74) is 5.55. The molecule has 0 aliphatic heterocycles. The Hall–Kier alpha value is -3.14. The summed E-state index contributed by atoms with van der Waals surface area (Å²) in [6.07, 6.45) is 1.76. The number of pyridine rings is 1. The van der Waals surface area contributed by atoms with Gasteiger partial charge in [0.05, 0.1) is 5.52 Å². The number of aryl methyl sites for hydroxylation is 2. The molecular weight excluding hydrogens is 298 g/mol. The van der Waals surface area contributed by atoms with E-state index in [1.54, 1.807) is 6.20 Å². The fourth-order valence-electron chi connectivity index (χ4n) is 3.07. The van der Waals surface area contributed by atoms with Crippen molar-refractivity contribution in [3.63, 3.8) is 0 Å². The molecule has 0 atom stereocenters. The maximum atomic E-state index is 12.6. The second-order valence-electron chi connectivity index (χ2n) is 6.09. The summed E-state index contributed by atoms with van der Waals surface area (Å²) < 4.78 is 0. The zero-order chi connectivity index (χ0) is 16.7. The molecule has 4 nitrogen and oxygen atoms in total. The van der Waals surface area contributed by atoms with Crippen LogP contribution in [0.2, 0.25) is 0 Å². The van der Waals surface area contributed by atoms with Crippen molar-refractivity contribution in [2.45, 2.75) is 13.8 Å². The van der Waals surface area contributed by atoms with Crippen LogP contribution in [-0.2, 0) is 0 Å². The fraction of sp³-hybridized carbons (Fsp3) is 0.100. The van der Waals surface area contributed by atoms with Crippen LogP contribution in [0.15, 0.2) is 54.7 Å². The predicted octanol–water partition coefficient (Wildman–Crippen LogP) is 4.59. The molecule has 0 saturated carbocycles. The third kappa shape index (κ3) is 2.52. The van der Waals surface area contributed by atoms with Gasteiger partial charge in [-0.15, -0.1) is 0 Å². The minimum absolute atomic E-state index is 0.147. The topological polar surface area (TPSA) is 57.8 Å². The van der Waals surface area contributed by atoms with Gasteiger partial charge in [-0.25, -0.2) is 0 Å². The van der Waals surface area contributed by atoms with Crippen LogP contribution in [-0.4, -0.2) is 15.9 Å². The highest BCUT2D eigenvalue weighted by Gasteiger charge is 2.11. The van der Waals surface area contributed by atoms with Crippen molar-refractivity contribution < 1.29 is 4.79 Å². The van der Waals surface area contributed by atoms with E-state index in [0.29, 0.717) is 5.69 Å². The van der Waals surface area contributed by atoms with E-state index in [1.165, 1.54) is 5.56 Å². The van der Waals surface area contributed by atoms with Crippen LogP contribution in [0, 0.1) is 13.8 Å². The lowest BCUT2D eigenvalue weighted by atomic mass is 10.1. The fourth-order valence-corrected chi connectivity index (χ4v) is 3.07. The molecule has 2 aromatic heterocycles. The maximum absolute atomic E-state index is 12.6. The number of anilines is 1. The van der Waals surface area contributed by atoms with Crippen LogP contribution in [0.3, 0.4) is 0 Å². The van der Waals surface area contributed by atoms with Crippen LogP contribution in [0.1, 0.15) is 21.6 Å². The number of hydrogen-bond donors (Lipinski definition) is 2. The van der Waals surface area contributed by atoms with Crippen molar-refractivity contribution in [3.8, 4) is 0 Å². The lowest BCUT2D eigenvalue weighted by Gasteiger charge is -2.05. The van der Waals surface area contributed by atoms with E-state index >= 15 is 0 Å². The van der Waals surface area contributed by atoms with Gasteiger partial charge in [-0.2, -0.15) is 0 Å². The van der Waals surface area contributed by atoms with E-state index in [-0.39, 0.29) is 5.91 Å². The molecule has 2 aromatic carbocycles. The first kappa shape index (κ1) is 14.5. The zero-order valence-corrected chi connectivity index (χ0v) is 13.6. The van der Waals surface area contributed by atoms with Gasteiger partial charge in [0.2, 0.25) is 0 Å². The van der Waals surface area contributed by atoms with Gasteiger partial charge >= 0.3 is 0 Å². The Kier molecular flexibility index (Phi) is 3.31. The van der Waals surface area contributed by atoms with Gasteiger partial charge in [-0.3, -0.25) is 9.78 Å². The number of benzene rings is 2. The molecular formula is C20H17N3O. The van der Waals surface area contributed by atoms with Gasteiger partial charge in [0, 0.05) is 28.2 Å². The standard InChI is InChI=1S/C20H17N3O/c1-12-8-13(2)16-11-19(23-18(16)9-12)20(24)22-15-5-6-17-14(10-15)4-3-7-21-17/h3-11,23H,1-2H3,(H,22,24). The number of H-pyrrole nitrogens is 1. The number of nitrogens with one attached hydrogen (secondary N) is 2. The number of amides is 1. The Labute approximate surface area is 139 Å². The summed E-state index contributed by atoms with van der Waals surface area (Å²) in [4.78, 5) is 20.1. The molecule has 0 aliphatic rings. The smallest absolute Gasteiger partial charge is 0.272 e. The average Bonchev–Trinajstić information content (AvgIpc) is 2.99. The number of hydrogen-bond acceptors (Lipinski definition) is 2. The number of carbonyl (C=O) groups is 1. The molecule has 118 valence electrons. The first-order valence-electron chi connectivity index (χ1n) is 7.86. The minimum Gasteiger partial charge on any atom is -0.351 e. The second-order valence-corrected chi connectivity index (χ2v) is 6.09. The Morgan fingerprint density at radius 2 is 1.96 bits per heavy atom. The number of carbonyl (C=O) groups excluding carboxylic acids is 1. The second kappa shape index (κ2) is 5.49. The molecule has 0 saturated heterocycles. The van der Waals surface area contributed by atoms with Gasteiger partial charge < -0.3 is 10.3 Å². The van der Waals surface area contributed by atoms with Crippen molar-refractivity contribution in [3.05, 3.63) is 71.5 Å². The van der Waals surface area contributed by atoms with Crippen LogP contribution in [0.5, 0.6) is 0 Å². The SMILES string of the molecule is Cc1cc(C)c2cc(C(=O)Nc3ccc4ncccc4c3)[nH]c2c1. The molecule has 24 heavy (non-hydrogen) atoms. The van der Waals surface area contributed by atoms with Crippen LogP contribution in [0.4, 0.5) is 5.69 Å². The summed E-state index contributed by atoms with van der Waals surface area (Å²) in [5, 5.41) is 5.02.